The summed E-state index contributed by atoms with van der Waals surface area (Å²) in [6.07, 6.45) is 0. The molecule has 0 aliphatic heterocycles. The lowest BCUT2D eigenvalue weighted by Crippen LogP contribution is -2.29. The second-order valence-corrected chi connectivity index (χ2v) is 6.61. The Hall–Kier alpha value is -0.140. The number of rotatable bonds is 6. The van der Waals surface area contributed by atoms with E-state index in [9.17, 15) is 8.42 Å². The van der Waals surface area contributed by atoms with Crippen LogP contribution in [0.3, 0.4) is 0 Å². The maximum absolute atomic E-state index is 11.7. The van der Waals surface area contributed by atoms with Gasteiger partial charge in [-0.05, 0) is 11.5 Å². The predicted octanol–water partition coefficient (Wildman–Crippen LogP) is 2.14. The van der Waals surface area contributed by atoms with Gasteiger partial charge < -0.3 is 0 Å². The second-order valence-electron chi connectivity index (χ2n) is 3.68. The third-order valence-corrected chi connectivity index (χ3v) is 4.38. The van der Waals surface area contributed by atoms with Crippen LogP contribution in [0.5, 0.6) is 0 Å². The molecule has 1 aromatic carbocycles. The van der Waals surface area contributed by atoms with Crippen molar-refractivity contribution in [2.24, 2.45) is 0 Å². The van der Waals surface area contributed by atoms with Gasteiger partial charge in [0, 0.05) is 11.0 Å². The summed E-state index contributed by atoms with van der Waals surface area (Å²) in [5, 5.41) is 0. The van der Waals surface area contributed by atoms with Gasteiger partial charge in [0.05, 0.1) is 5.75 Å². The zero-order valence-electron chi connectivity index (χ0n) is 9.19. The summed E-state index contributed by atoms with van der Waals surface area (Å²) in [6, 6.07) is 9.70. The zero-order chi connectivity index (χ0) is 12.0. The largest absolute Gasteiger partial charge is 0.214 e. The third kappa shape index (κ3) is 4.80. The van der Waals surface area contributed by atoms with Gasteiger partial charge in [-0.15, -0.1) is 0 Å². The molecule has 0 amide bonds. The fourth-order valence-electron chi connectivity index (χ4n) is 1.46. The molecule has 0 radical (unpaired) electrons. The SMILES string of the molecule is CC(CS(=O)(=O)NCCI)c1ccccc1. The van der Waals surface area contributed by atoms with E-state index in [1.54, 1.807) is 0 Å². The normalized spacial score (nSPS) is 13.6. The lowest BCUT2D eigenvalue weighted by atomic mass is 10.0. The molecule has 0 saturated carbocycles. The first kappa shape index (κ1) is 13.9. The van der Waals surface area contributed by atoms with Crippen LogP contribution in [0.15, 0.2) is 30.3 Å². The third-order valence-electron chi connectivity index (χ3n) is 2.25. The minimum absolute atomic E-state index is 0.0212. The summed E-state index contributed by atoms with van der Waals surface area (Å²) < 4.78 is 26.7. The molecule has 1 N–H and O–H groups in total. The van der Waals surface area contributed by atoms with Crippen LogP contribution >= 0.6 is 22.6 Å². The van der Waals surface area contributed by atoms with Crippen LogP contribution in [-0.4, -0.2) is 25.1 Å². The molecule has 16 heavy (non-hydrogen) atoms. The summed E-state index contributed by atoms with van der Waals surface area (Å²) in [4.78, 5) is 0. The average molecular weight is 353 g/mol. The first-order valence-corrected chi connectivity index (χ1v) is 8.31. The van der Waals surface area contributed by atoms with E-state index in [1.807, 2.05) is 37.3 Å². The molecule has 0 aliphatic carbocycles. The van der Waals surface area contributed by atoms with Gasteiger partial charge in [0.2, 0.25) is 10.0 Å². The molecule has 1 aromatic rings. The Morgan fingerprint density at radius 2 is 1.94 bits per heavy atom. The lowest BCUT2D eigenvalue weighted by molar-refractivity contribution is 0.579. The number of hydrogen-bond donors (Lipinski definition) is 1. The van der Waals surface area contributed by atoms with E-state index in [2.05, 4.69) is 27.3 Å². The molecule has 0 heterocycles. The van der Waals surface area contributed by atoms with Crippen LogP contribution in [0.25, 0.3) is 0 Å². The Bertz CT molecular complexity index is 405. The number of halogens is 1. The molecule has 0 spiro atoms. The number of benzene rings is 1. The van der Waals surface area contributed by atoms with Crippen molar-refractivity contribution in [3.8, 4) is 0 Å². The smallest absolute Gasteiger partial charge is 0.212 e. The van der Waals surface area contributed by atoms with Crippen molar-refractivity contribution in [3.05, 3.63) is 35.9 Å². The van der Waals surface area contributed by atoms with Crippen LogP contribution in [0.1, 0.15) is 18.4 Å². The van der Waals surface area contributed by atoms with E-state index >= 15 is 0 Å². The molecule has 1 rings (SSSR count). The van der Waals surface area contributed by atoms with Crippen molar-refractivity contribution < 1.29 is 8.42 Å². The molecule has 0 fully saturated rings. The molecule has 0 aromatic heterocycles. The first-order valence-electron chi connectivity index (χ1n) is 5.13. The Balaban J connectivity index is 2.61. The van der Waals surface area contributed by atoms with Crippen LogP contribution in [0, 0.1) is 0 Å². The second kappa shape index (κ2) is 6.56. The minimum atomic E-state index is -3.15. The van der Waals surface area contributed by atoms with Gasteiger partial charge in [0.1, 0.15) is 0 Å². The highest BCUT2D eigenvalue weighted by Crippen LogP contribution is 2.15. The highest BCUT2D eigenvalue weighted by atomic mass is 127. The number of hydrogen-bond acceptors (Lipinski definition) is 2. The molecule has 5 heteroatoms. The number of nitrogens with one attached hydrogen (secondary N) is 1. The quantitative estimate of drug-likeness (QED) is 0.629. The molecule has 0 aliphatic rings. The van der Waals surface area contributed by atoms with E-state index in [1.165, 1.54) is 0 Å². The van der Waals surface area contributed by atoms with Crippen LogP contribution in [-0.2, 0) is 10.0 Å². The number of alkyl halides is 1. The molecule has 1 unspecified atom stereocenters. The molecule has 1 atom stereocenters. The van der Waals surface area contributed by atoms with Crippen molar-refractivity contribution >= 4 is 32.6 Å². The van der Waals surface area contributed by atoms with Crippen LogP contribution in [0.4, 0.5) is 0 Å². The maximum atomic E-state index is 11.7. The van der Waals surface area contributed by atoms with Gasteiger partial charge >= 0.3 is 0 Å². The molecule has 3 nitrogen and oxygen atoms in total. The van der Waals surface area contributed by atoms with E-state index < -0.39 is 10.0 Å². The van der Waals surface area contributed by atoms with Gasteiger partial charge in [-0.2, -0.15) is 0 Å². The van der Waals surface area contributed by atoms with Gasteiger partial charge in [-0.1, -0.05) is 59.8 Å². The molecular weight excluding hydrogens is 337 g/mol. The molecule has 0 saturated heterocycles. The Morgan fingerprint density at radius 3 is 2.50 bits per heavy atom. The fraction of sp³-hybridized carbons (Fsp3) is 0.455. The van der Waals surface area contributed by atoms with Crippen LogP contribution in [0.2, 0.25) is 0 Å². The zero-order valence-corrected chi connectivity index (χ0v) is 12.2. The van der Waals surface area contributed by atoms with Gasteiger partial charge in [-0.3, -0.25) is 0 Å². The number of sulfonamides is 1. The molecule has 90 valence electrons. The van der Waals surface area contributed by atoms with Gasteiger partial charge in [-0.25, -0.2) is 13.1 Å². The first-order chi connectivity index (χ1) is 7.55. The van der Waals surface area contributed by atoms with Crippen LogP contribution < -0.4 is 4.72 Å². The van der Waals surface area contributed by atoms with Gasteiger partial charge in [0.25, 0.3) is 0 Å². The van der Waals surface area contributed by atoms with E-state index in [0.717, 1.165) is 9.99 Å². The Kier molecular flexibility index (Phi) is 5.71. The van der Waals surface area contributed by atoms with E-state index in [4.69, 9.17) is 0 Å². The average Bonchev–Trinajstić information content (AvgIpc) is 2.27. The van der Waals surface area contributed by atoms with Crippen molar-refractivity contribution in [2.75, 3.05) is 16.7 Å². The lowest BCUT2D eigenvalue weighted by Gasteiger charge is -2.12. The summed E-state index contributed by atoms with van der Waals surface area (Å²) >= 11 is 2.15. The van der Waals surface area contributed by atoms with Crippen molar-refractivity contribution in [3.63, 3.8) is 0 Å². The summed E-state index contributed by atoms with van der Waals surface area (Å²) in [5.41, 5.74) is 1.06. The maximum Gasteiger partial charge on any atom is 0.212 e. The monoisotopic (exact) mass is 353 g/mol. The summed E-state index contributed by atoms with van der Waals surface area (Å²) in [7, 11) is -3.15. The molecular formula is C11H16INO2S. The van der Waals surface area contributed by atoms with Gasteiger partial charge in [0.15, 0.2) is 0 Å². The standard InChI is InChI=1S/C11H16INO2S/c1-10(11-5-3-2-4-6-11)9-16(14,15)13-8-7-12/h2-6,10,13H,7-9H2,1H3. The molecule has 0 bridgehead atoms. The fourth-order valence-corrected chi connectivity index (χ4v) is 3.48. The summed E-state index contributed by atoms with van der Waals surface area (Å²) in [5.74, 6) is 0.168. The van der Waals surface area contributed by atoms with Crippen molar-refractivity contribution in [2.45, 2.75) is 12.8 Å². The highest BCUT2D eigenvalue weighted by molar-refractivity contribution is 14.1. The highest BCUT2D eigenvalue weighted by Gasteiger charge is 2.15. The minimum Gasteiger partial charge on any atom is -0.214 e. The van der Waals surface area contributed by atoms with Crippen molar-refractivity contribution in [1.82, 2.24) is 4.72 Å². The van der Waals surface area contributed by atoms with Crippen molar-refractivity contribution in [1.29, 1.82) is 0 Å². The topological polar surface area (TPSA) is 46.2 Å². The van der Waals surface area contributed by atoms with E-state index in [-0.39, 0.29) is 11.7 Å². The predicted molar refractivity (Wildman–Crippen MR) is 75.5 cm³/mol. The van der Waals surface area contributed by atoms with E-state index in [0.29, 0.717) is 6.54 Å². The Morgan fingerprint density at radius 1 is 1.31 bits per heavy atom. The summed E-state index contributed by atoms with van der Waals surface area (Å²) in [6.45, 7) is 2.43. The Labute approximate surface area is 111 Å².